The van der Waals surface area contributed by atoms with Crippen molar-refractivity contribution in [3.05, 3.63) is 0 Å². The second-order valence-electron chi connectivity index (χ2n) is 5.66. The van der Waals surface area contributed by atoms with E-state index in [9.17, 15) is 18.0 Å². The fourth-order valence-electron chi connectivity index (χ4n) is 2.42. The maximum atomic E-state index is 12.4. The molecule has 0 spiro atoms. The first kappa shape index (κ1) is 18.9. The van der Waals surface area contributed by atoms with Gasteiger partial charge in [-0.15, -0.1) is 0 Å². The van der Waals surface area contributed by atoms with E-state index >= 15 is 0 Å². The van der Waals surface area contributed by atoms with E-state index in [-0.39, 0.29) is 25.5 Å². The highest BCUT2D eigenvalue weighted by Gasteiger charge is 2.41. The van der Waals surface area contributed by atoms with Crippen LogP contribution in [0.1, 0.15) is 40.0 Å². The van der Waals surface area contributed by atoms with Gasteiger partial charge in [0.05, 0.1) is 6.61 Å². The standard InChI is InChI=1S/C13H24N2O6S/c1-4-21-13(18)11-6-5-7-15(11)22(19,20)14-10(12(16)17)8-9(2)3/h9-11,14H,4-8H2,1-3H3,(H,16,17). The Bertz CT molecular complexity index is 505. The molecule has 0 amide bonds. The third-order valence-corrected chi connectivity index (χ3v) is 5.00. The summed E-state index contributed by atoms with van der Waals surface area (Å²) in [6.45, 7) is 5.60. The lowest BCUT2D eigenvalue weighted by Crippen LogP contribution is -2.52. The average molecular weight is 336 g/mol. The molecule has 2 atom stereocenters. The zero-order valence-electron chi connectivity index (χ0n) is 13.1. The summed E-state index contributed by atoms with van der Waals surface area (Å²) in [6, 6.07) is -2.10. The highest BCUT2D eigenvalue weighted by Crippen LogP contribution is 2.22. The van der Waals surface area contributed by atoms with Gasteiger partial charge in [0.15, 0.2) is 0 Å². The number of rotatable bonds is 8. The molecule has 2 N–H and O–H groups in total. The van der Waals surface area contributed by atoms with Crippen LogP contribution in [0.4, 0.5) is 0 Å². The van der Waals surface area contributed by atoms with Gasteiger partial charge in [-0.1, -0.05) is 13.8 Å². The van der Waals surface area contributed by atoms with Gasteiger partial charge in [-0.3, -0.25) is 9.59 Å². The topological polar surface area (TPSA) is 113 Å². The second-order valence-corrected chi connectivity index (χ2v) is 7.32. The van der Waals surface area contributed by atoms with Crippen molar-refractivity contribution in [1.82, 2.24) is 9.03 Å². The summed E-state index contributed by atoms with van der Waals surface area (Å²) < 4.78 is 32.8. The number of carboxylic acids is 1. The largest absolute Gasteiger partial charge is 0.480 e. The molecule has 22 heavy (non-hydrogen) atoms. The number of carbonyl (C=O) groups excluding carboxylic acids is 1. The smallest absolute Gasteiger partial charge is 0.324 e. The lowest BCUT2D eigenvalue weighted by atomic mass is 10.1. The first-order valence-electron chi connectivity index (χ1n) is 7.37. The van der Waals surface area contributed by atoms with Crippen molar-refractivity contribution in [2.75, 3.05) is 13.2 Å². The second kappa shape index (κ2) is 7.89. The van der Waals surface area contributed by atoms with Crippen LogP contribution >= 0.6 is 0 Å². The highest BCUT2D eigenvalue weighted by atomic mass is 32.2. The van der Waals surface area contributed by atoms with Crippen LogP contribution < -0.4 is 4.72 Å². The molecule has 1 rings (SSSR count). The Hall–Kier alpha value is -1.19. The zero-order chi connectivity index (χ0) is 16.9. The summed E-state index contributed by atoms with van der Waals surface area (Å²) >= 11 is 0. The lowest BCUT2D eigenvalue weighted by molar-refractivity contribution is -0.146. The maximum absolute atomic E-state index is 12.4. The van der Waals surface area contributed by atoms with Crippen molar-refractivity contribution < 1.29 is 27.9 Å². The van der Waals surface area contributed by atoms with E-state index in [0.717, 1.165) is 4.31 Å². The van der Waals surface area contributed by atoms with Gasteiger partial charge in [0.25, 0.3) is 10.2 Å². The summed E-state index contributed by atoms with van der Waals surface area (Å²) in [5, 5.41) is 9.15. The molecule has 0 aromatic heterocycles. The minimum absolute atomic E-state index is 0.0169. The highest BCUT2D eigenvalue weighted by molar-refractivity contribution is 7.87. The van der Waals surface area contributed by atoms with Crippen LogP contribution in [0.15, 0.2) is 0 Å². The summed E-state index contributed by atoms with van der Waals surface area (Å²) in [5.41, 5.74) is 0. The van der Waals surface area contributed by atoms with Crippen molar-refractivity contribution in [2.24, 2.45) is 5.92 Å². The first-order chi connectivity index (χ1) is 10.2. The Morgan fingerprint density at radius 2 is 2.05 bits per heavy atom. The number of aliphatic carboxylic acids is 1. The van der Waals surface area contributed by atoms with Crippen LogP contribution in [0.25, 0.3) is 0 Å². The van der Waals surface area contributed by atoms with Crippen LogP contribution in [-0.2, 0) is 24.5 Å². The van der Waals surface area contributed by atoms with Crippen molar-refractivity contribution in [3.8, 4) is 0 Å². The number of hydrogen-bond donors (Lipinski definition) is 2. The number of esters is 1. The van der Waals surface area contributed by atoms with Gasteiger partial charge >= 0.3 is 11.9 Å². The van der Waals surface area contributed by atoms with Crippen molar-refractivity contribution in [3.63, 3.8) is 0 Å². The Labute approximate surface area is 131 Å². The molecule has 1 aliphatic rings. The lowest BCUT2D eigenvalue weighted by Gasteiger charge is -2.25. The molecule has 1 aliphatic heterocycles. The molecule has 9 heteroatoms. The van der Waals surface area contributed by atoms with E-state index in [1.807, 2.05) is 13.8 Å². The van der Waals surface area contributed by atoms with Gasteiger partial charge in [0.1, 0.15) is 12.1 Å². The number of nitrogens with one attached hydrogen (secondary N) is 1. The van der Waals surface area contributed by atoms with Crippen molar-refractivity contribution in [1.29, 1.82) is 0 Å². The molecule has 2 unspecified atom stereocenters. The molecular weight excluding hydrogens is 312 g/mol. The third kappa shape index (κ3) is 4.92. The van der Waals surface area contributed by atoms with Crippen molar-refractivity contribution in [2.45, 2.75) is 52.1 Å². The summed E-state index contributed by atoms with van der Waals surface area (Å²) in [7, 11) is -4.06. The number of ether oxygens (including phenoxy) is 1. The molecular formula is C13H24N2O6S. The molecule has 0 saturated carbocycles. The van der Waals surface area contributed by atoms with Crippen LogP contribution in [0, 0.1) is 5.92 Å². The predicted octanol–water partition coefficient (Wildman–Crippen LogP) is 0.348. The molecule has 1 fully saturated rings. The Morgan fingerprint density at radius 1 is 1.41 bits per heavy atom. The van der Waals surface area contributed by atoms with Crippen LogP contribution in [0.2, 0.25) is 0 Å². The van der Waals surface area contributed by atoms with Gasteiger partial charge in [-0.25, -0.2) is 0 Å². The van der Waals surface area contributed by atoms with Crippen LogP contribution in [0.3, 0.4) is 0 Å². The molecule has 0 aromatic carbocycles. The quantitative estimate of drug-likeness (QED) is 0.618. The van der Waals surface area contributed by atoms with E-state index < -0.39 is 34.2 Å². The molecule has 0 aliphatic carbocycles. The Morgan fingerprint density at radius 3 is 2.55 bits per heavy atom. The third-order valence-electron chi connectivity index (χ3n) is 3.37. The fourth-order valence-corrected chi connectivity index (χ4v) is 4.01. The SMILES string of the molecule is CCOC(=O)C1CCCN1S(=O)(=O)NC(CC(C)C)C(=O)O. The molecule has 0 aromatic rings. The van der Waals surface area contributed by atoms with E-state index in [1.165, 1.54) is 0 Å². The summed E-state index contributed by atoms with van der Waals surface area (Å²) in [5.74, 6) is -1.81. The molecule has 0 bridgehead atoms. The van der Waals surface area contributed by atoms with E-state index in [2.05, 4.69) is 4.72 Å². The van der Waals surface area contributed by atoms with E-state index in [4.69, 9.17) is 9.84 Å². The van der Waals surface area contributed by atoms with E-state index in [1.54, 1.807) is 6.92 Å². The Kier molecular flexibility index (Phi) is 6.76. The number of nitrogens with zero attached hydrogens (tertiary/aromatic N) is 1. The van der Waals surface area contributed by atoms with Gasteiger partial charge in [-0.05, 0) is 32.1 Å². The van der Waals surface area contributed by atoms with Gasteiger partial charge < -0.3 is 9.84 Å². The monoisotopic (exact) mass is 336 g/mol. The van der Waals surface area contributed by atoms with Gasteiger partial charge in [0.2, 0.25) is 0 Å². The molecule has 8 nitrogen and oxygen atoms in total. The van der Waals surface area contributed by atoms with Crippen LogP contribution in [0.5, 0.6) is 0 Å². The van der Waals surface area contributed by atoms with Crippen LogP contribution in [-0.4, -0.2) is 55.0 Å². The minimum atomic E-state index is -4.06. The maximum Gasteiger partial charge on any atom is 0.324 e. The fraction of sp³-hybridized carbons (Fsp3) is 0.846. The predicted molar refractivity (Wildman–Crippen MR) is 79.3 cm³/mol. The average Bonchev–Trinajstić information content (AvgIpc) is 2.87. The molecule has 1 heterocycles. The van der Waals surface area contributed by atoms with Gasteiger partial charge in [0, 0.05) is 6.54 Å². The first-order valence-corrected chi connectivity index (χ1v) is 8.81. The minimum Gasteiger partial charge on any atom is -0.480 e. The molecule has 0 radical (unpaired) electrons. The zero-order valence-corrected chi connectivity index (χ0v) is 13.9. The van der Waals surface area contributed by atoms with Gasteiger partial charge in [-0.2, -0.15) is 17.4 Å². The molecule has 128 valence electrons. The Balaban J connectivity index is 2.87. The molecule has 1 saturated heterocycles. The van der Waals surface area contributed by atoms with E-state index in [0.29, 0.717) is 12.8 Å². The van der Waals surface area contributed by atoms with Crippen molar-refractivity contribution >= 4 is 22.1 Å². The summed E-state index contributed by atoms with van der Waals surface area (Å²) in [6.07, 6.45) is 1.08. The number of carboxylic acid groups (broad SMARTS) is 1. The normalized spacial score (nSPS) is 21.0. The summed E-state index contributed by atoms with van der Waals surface area (Å²) in [4.78, 5) is 23.0. The number of carbonyl (C=O) groups is 2. The number of hydrogen-bond acceptors (Lipinski definition) is 5.